The normalized spacial score (nSPS) is 9.57. The predicted molar refractivity (Wildman–Crippen MR) is 60.8 cm³/mol. The van der Waals surface area contributed by atoms with Crippen LogP contribution in [0.1, 0.15) is 19.8 Å². The third-order valence-electron chi connectivity index (χ3n) is 1.67. The van der Waals surface area contributed by atoms with Crippen molar-refractivity contribution in [3.63, 3.8) is 0 Å². The fourth-order valence-corrected chi connectivity index (χ4v) is 1.23. The summed E-state index contributed by atoms with van der Waals surface area (Å²) in [5, 5.41) is 0. The summed E-state index contributed by atoms with van der Waals surface area (Å²) in [6, 6.07) is 7.59. The largest absolute Gasteiger partial charge is 0.299 e. The van der Waals surface area contributed by atoms with Crippen molar-refractivity contribution in [2.75, 3.05) is 5.43 Å². The molecule has 0 aliphatic heterocycles. The average Bonchev–Trinajstić information content (AvgIpc) is 2.17. The van der Waals surface area contributed by atoms with Crippen LogP contribution in [0.3, 0.4) is 0 Å². The second-order valence-corrected chi connectivity index (χ2v) is 3.85. The van der Waals surface area contributed by atoms with Crippen molar-refractivity contribution in [3.05, 3.63) is 28.7 Å². The summed E-state index contributed by atoms with van der Waals surface area (Å²) in [7, 11) is 0. The van der Waals surface area contributed by atoms with E-state index in [1.807, 2.05) is 31.2 Å². The van der Waals surface area contributed by atoms with E-state index in [1.165, 1.54) is 0 Å². The van der Waals surface area contributed by atoms with Crippen LogP contribution in [0.2, 0.25) is 0 Å². The summed E-state index contributed by atoms with van der Waals surface area (Å²) in [6.45, 7) is 1.97. The highest BCUT2D eigenvalue weighted by atomic mass is 79.9. The van der Waals surface area contributed by atoms with Gasteiger partial charge in [-0.05, 0) is 30.7 Å². The minimum absolute atomic E-state index is 0.00965. The minimum Gasteiger partial charge on any atom is -0.299 e. The Kier molecular flexibility index (Phi) is 4.46. The third-order valence-corrected chi connectivity index (χ3v) is 2.20. The Bertz CT molecular complexity index is 297. The lowest BCUT2D eigenvalue weighted by atomic mass is 10.3. The minimum atomic E-state index is 0.00965. The van der Waals surface area contributed by atoms with Crippen molar-refractivity contribution in [2.45, 2.75) is 19.8 Å². The quantitative estimate of drug-likeness (QED) is 0.814. The maximum atomic E-state index is 11.1. The lowest BCUT2D eigenvalue weighted by molar-refractivity contribution is -0.120. The van der Waals surface area contributed by atoms with E-state index < -0.39 is 0 Å². The van der Waals surface area contributed by atoms with Gasteiger partial charge in [0.15, 0.2) is 0 Å². The van der Waals surface area contributed by atoms with Crippen LogP contribution in [0, 0.1) is 0 Å². The SMILES string of the molecule is CCCC(=O)NNc1ccc(Br)cc1. The number of carbonyl (C=O) groups excluding carboxylic acids is 1. The molecule has 1 rings (SSSR count). The van der Waals surface area contributed by atoms with Gasteiger partial charge in [-0.25, -0.2) is 0 Å². The van der Waals surface area contributed by atoms with E-state index in [0.717, 1.165) is 16.6 Å². The Morgan fingerprint density at radius 1 is 1.36 bits per heavy atom. The van der Waals surface area contributed by atoms with Gasteiger partial charge in [0.25, 0.3) is 0 Å². The van der Waals surface area contributed by atoms with Crippen molar-refractivity contribution in [3.8, 4) is 0 Å². The fourth-order valence-electron chi connectivity index (χ4n) is 0.965. The lowest BCUT2D eigenvalue weighted by Crippen LogP contribution is -2.28. The molecule has 1 aromatic rings. The van der Waals surface area contributed by atoms with Crippen molar-refractivity contribution >= 4 is 27.5 Å². The molecule has 0 bridgehead atoms. The molecule has 0 radical (unpaired) electrons. The van der Waals surface area contributed by atoms with Crippen LogP contribution >= 0.6 is 15.9 Å². The van der Waals surface area contributed by atoms with Crippen LogP contribution < -0.4 is 10.9 Å². The van der Waals surface area contributed by atoms with Crippen LogP contribution in [0.25, 0.3) is 0 Å². The number of anilines is 1. The number of amides is 1. The van der Waals surface area contributed by atoms with E-state index in [1.54, 1.807) is 0 Å². The fraction of sp³-hybridized carbons (Fsp3) is 0.300. The van der Waals surface area contributed by atoms with Gasteiger partial charge in [0, 0.05) is 10.9 Å². The highest BCUT2D eigenvalue weighted by molar-refractivity contribution is 9.10. The van der Waals surface area contributed by atoms with Crippen molar-refractivity contribution in [1.82, 2.24) is 5.43 Å². The maximum absolute atomic E-state index is 11.1. The molecule has 1 aromatic carbocycles. The molecule has 14 heavy (non-hydrogen) atoms. The summed E-state index contributed by atoms with van der Waals surface area (Å²) in [5.41, 5.74) is 6.32. The molecule has 0 saturated carbocycles. The van der Waals surface area contributed by atoms with Crippen LogP contribution in [-0.4, -0.2) is 5.91 Å². The molecule has 0 heterocycles. The molecular formula is C10H13BrN2O. The Morgan fingerprint density at radius 2 is 2.00 bits per heavy atom. The number of halogens is 1. The van der Waals surface area contributed by atoms with Crippen molar-refractivity contribution < 1.29 is 4.79 Å². The summed E-state index contributed by atoms with van der Waals surface area (Å²) in [6.07, 6.45) is 1.40. The van der Waals surface area contributed by atoms with Crippen molar-refractivity contribution in [2.24, 2.45) is 0 Å². The van der Waals surface area contributed by atoms with Crippen LogP contribution in [0.4, 0.5) is 5.69 Å². The summed E-state index contributed by atoms with van der Waals surface area (Å²) in [5.74, 6) is 0.00965. The van der Waals surface area contributed by atoms with Gasteiger partial charge in [0.1, 0.15) is 0 Å². The second kappa shape index (κ2) is 5.65. The number of nitrogens with one attached hydrogen (secondary N) is 2. The van der Waals surface area contributed by atoms with E-state index in [-0.39, 0.29) is 5.91 Å². The number of hydrogen-bond donors (Lipinski definition) is 2. The summed E-state index contributed by atoms with van der Waals surface area (Å²) < 4.78 is 1.02. The number of benzene rings is 1. The molecule has 0 saturated heterocycles. The zero-order valence-electron chi connectivity index (χ0n) is 8.01. The molecule has 76 valence electrons. The van der Waals surface area contributed by atoms with Gasteiger partial charge >= 0.3 is 0 Å². The smallest absolute Gasteiger partial charge is 0.238 e. The zero-order valence-corrected chi connectivity index (χ0v) is 9.60. The summed E-state index contributed by atoms with van der Waals surface area (Å²) >= 11 is 3.34. The standard InChI is InChI=1S/C10H13BrN2O/c1-2-3-10(14)13-12-9-6-4-8(11)5-7-9/h4-7,12H,2-3H2,1H3,(H,13,14). The third kappa shape index (κ3) is 3.79. The predicted octanol–water partition coefficient (Wildman–Crippen LogP) is 2.69. The number of hydrazine groups is 1. The topological polar surface area (TPSA) is 41.1 Å². The van der Waals surface area contributed by atoms with E-state index >= 15 is 0 Å². The second-order valence-electron chi connectivity index (χ2n) is 2.93. The van der Waals surface area contributed by atoms with E-state index in [0.29, 0.717) is 6.42 Å². The molecule has 0 fully saturated rings. The van der Waals surface area contributed by atoms with E-state index in [9.17, 15) is 4.79 Å². The Labute approximate surface area is 92.0 Å². The monoisotopic (exact) mass is 256 g/mol. The lowest BCUT2D eigenvalue weighted by Gasteiger charge is -2.07. The molecule has 0 spiro atoms. The van der Waals surface area contributed by atoms with Gasteiger partial charge in [-0.3, -0.25) is 15.6 Å². The van der Waals surface area contributed by atoms with Gasteiger partial charge in [0.05, 0.1) is 5.69 Å². The first-order valence-corrected chi connectivity index (χ1v) is 5.32. The molecule has 0 aliphatic rings. The first kappa shape index (κ1) is 11.0. The molecule has 0 aliphatic carbocycles. The molecule has 1 amide bonds. The first-order valence-electron chi connectivity index (χ1n) is 4.53. The van der Waals surface area contributed by atoms with E-state index in [2.05, 4.69) is 26.8 Å². The Balaban J connectivity index is 2.38. The molecule has 0 unspecified atom stereocenters. The van der Waals surface area contributed by atoms with E-state index in [4.69, 9.17) is 0 Å². The Morgan fingerprint density at radius 3 is 2.57 bits per heavy atom. The average molecular weight is 257 g/mol. The van der Waals surface area contributed by atoms with Gasteiger partial charge in [-0.1, -0.05) is 22.9 Å². The van der Waals surface area contributed by atoms with Crippen LogP contribution in [0.5, 0.6) is 0 Å². The Hall–Kier alpha value is -1.03. The number of hydrogen-bond acceptors (Lipinski definition) is 2. The molecule has 4 heteroatoms. The highest BCUT2D eigenvalue weighted by Crippen LogP contribution is 2.13. The van der Waals surface area contributed by atoms with Crippen molar-refractivity contribution in [1.29, 1.82) is 0 Å². The number of rotatable bonds is 4. The van der Waals surface area contributed by atoms with Crippen LogP contribution in [0.15, 0.2) is 28.7 Å². The maximum Gasteiger partial charge on any atom is 0.238 e. The van der Waals surface area contributed by atoms with Gasteiger partial charge in [-0.2, -0.15) is 0 Å². The zero-order chi connectivity index (χ0) is 10.4. The summed E-state index contributed by atoms with van der Waals surface area (Å²) in [4.78, 5) is 11.1. The highest BCUT2D eigenvalue weighted by Gasteiger charge is 1.97. The van der Waals surface area contributed by atoms with Gasteiger partial charge in [-0.15, -0.1) is 0 Å². The molecule has 0 atom stereocenters. The van der Waals surface area contributed by atoms with Crippen LogP contribution in [-0.2, 0) is 4.79 Å². The van der Waals surface area contributed by atoms with Gasteiger partial charge < -0.3 is 0 Å². The molecular weight excluding hydrogens is 244 g/mol. The molecule has 0 aromatic heterocycles. The van der Waals surface area contributed by atoms with Gasteiger partial charge in [0.2, 0.25) is 5.91 Å². The first-order chi connectivity index (χ1) is 6.72. The molecule has 2 N–H and O–H groups in total. The number of carbonyl (C=O) groups is 1. The molecule has 3 nitrogen and oxygen atoms in total.